The van der Waals surface area contributed by atoms with E-state index in [2.05, 4.69) is 42.4 Å². The second kappa shape index (κ2) is 8.17. The average molecular weight is 477 g/mol. The SMILES string of the molecule is N#CCOc1c(Br)cc(/C=N/NC(=O)c2cc3ccccc3o2)cc1Br. The summed E-state index contributed by atoms with van der Waals surface area (Å²) in [6.45, 7) is -0.0573. The Labute approximate surface area is 165 Å². The molecule has 0 spiro atoms. The Kier molecular flexibility index (Phi) is 5.71. The first kappa shape index (κ1) is 18.2. The van der Waals surface area contributed by atoms with Gasteiger partial charge in [0.05, 0.1) is 15.2 Å². The summed E-state index contributed by atoms with van der Waals surface area (Å²) >= 11 is 6.75. The standard InChI is InChI=1S/C18H11Br2N3O3/c19-13-7-11(8-14(20)17(13)25-6-5-21)10-22-23-18(24)16-9-12-3-1-2-4-15(12)26-16/h1-4,7-10H,6H2,(H,23,24)/b22-10+. The molecule has 3 aromatic rings. The van der Waals surface area contributed by atoms with E-state index in [0.717, 1.165) is 10.9 Å². The number of nitriles is 1. The molecule has 0 unspecified atom stereocenters. The average Bonchev–Trinajstić information content (AvgIpc) is 3.05. The van der Waals surface area contributed by atoms with Gasteiger partial charge in [0.15, 0.2) is 12.4 Å². The number of carbonyl (C=O) groups excluding carboxylic acids is 1. The number of hydrogen-bond acceptors (Lipinski definition) is 5. The lowest BCUT2D eigenvalue weighted by Gasteiger charge is -2.08. The molecule has 130 valence electrons. The second-order valence-electron chi connectivity index (χ2n) is 5.11. The summed E-state index contributed by atoms with van der Waals surface area (Å²) in [5, 5.41) is 13.4. The number of nitrogens with zero attached hydrogens (tertiary/aromatic N) is 2. The van der Waals surface area contributed by atoms with Crippen LogP contribution in [0.1, 0.15) is 16.1 Å². The van der Waals surface area contributed by atoms with Crippen molar-refractivity contribution in [1.82, 2.24) is 5.43 Å². The second-order valence-corrected chi connectivity index (χ2v) is 6.82. The zero-order valence-corrected chi connectivity index (χ0v) is 16.4. The number of hydrogen-bond donors (Lipinski definition) is 1. The topological polar surface area (TPSA) is 87.6 Å². The van der Waals surface area contributed by atoms with Crippen LogP contribution in [0.3, 0.4) is 0 Å². The van der Waals surface area contributed by atoms with Crippen molar-refractivity contribution in [2.75, 3.05) is 6.61 Å². The number of hydrazone groups is 1. The van der Waals surface area contributed by atoms with E-state index in [-0.39, 0.29) is 12.4 Å². The summed E-state index contributed by atoms with van der Waals surface area (Å²) in [6.07, 6.45) is 1.49. The third-order valence-electron chi connectivity index (χ3n) is 3.33. The highest BCUT2D eigenvalue weighted by atomic mass is 79.9. The first-order valence-corrected chi connectivity index (χ1v) is 8.98. The summed E-state index contributed by atoms with van der Waals surface area (Å²) in [4.78, 5) is 12.1. The number of rotatable bonds is 5. The quantitative estimate of drug-likeness (QED) is 0.429. The molecule has 0 bridgehead atoms. The number of benzene rings is 2. The van der Waals surface area contributed by atoms with Crippen LogP contribution >= 0.6 is 31.9 Å². The molecule has 0 aliphatic carbocycles. The molecule has 8 heteroatoms. The summed E-state index contributed by atoms with van der Waals surface area (Å²) in [5.41, 5.74) is 3.79. The van der Waals surface area contributed by atoms with Gasteiger partial charge in [0.1, 0.15) is 17.4 Å². The fourth-order valence-corrected chi connectivity index (χ4v) is 3.66. The number of para-hydroxylation sites is 1. The highest BCUT2D eigenvalue weighted by Gasteiger charge is 2.11. The number of carbonyl (C=O) groups is 1. The van der Waals surface area contributed by atoms with E-state index in [1.807, 2.05) is 24.3 Å². The predicted molar refractivity (Wildman–Crippen MR) is 104 cm³/mol. The molecule has 3 rings (SSSR count). The Balaban J connectivity index is 1.70. The van der Waals surface area contributed by atoms with Gasteiger partial charge in [-0.1, -0.05) is 18.2 Å². The van der Waals surface area contributed by atoms with Crippen LogP contribution in [-0.4, -0.2) is 18.7 Å². The Morgan fingerprint density at radius 3 is 2.69 bits per heavy atom. The molecule has 0 aliphatic rings. The van der Waals surface area contributed by atoms with E-state index in [1.54, 1.807) is 24.3 Å². The minimum absolute atomic E-state index is 0.0573. The van der Waals surface area contributed by atoms with Crippen LogP contribution in [0.5, 0.6) is 5.75 Å². The van der Waals surface area contributed by atoms with E-state index in [1.165, 1.54) is 6.21 Å². The number of halogens is 2. The monoisotopic (exact) mass is 475 g/mol. The van der Waals surface area contributed by atoms with Crippen LogP contribution in [0.2, 0.25) is 0 Å². The van der Waals surface area contributed by atoms with Gasteiger partial charge in [0, 0.05) is 5.39 Å². The van der Waals surface area contributed by atoms with Crippen LogP contribution in [0.4, 0.5) is 0 Å². The number of furan rings is 1. The van der Waals surface area contributed by atoms with E-state index in [9.17, 15) is 4.79 Å². The molecule has 0 aliphatic heterocycles. The Bertz CT molecular complexity index is 982. The predicted octanol–water partition coefficient (Wildman–Crippen LogP) is 4.62. The maximum Gasteiger partial charge on any atom is 0.307 e. The molecule has 0 atom stereocenters. The first-order valence-electron chi connectivity index (χ1n) is 7.39. The highest BCUT2D eigenvalue weighted by Crippen LogP contribution is 2.34. The van der Waals surface area contributed by atoms with Crippen molar-refractivity contribution in [2.24, 2.45) is 5.10 Å². The van der Waals surface area contributed by atoms with Gasteiger partial charge >= 0.3 is 5.91 Å². The van der Waals surface area contributed by atoms with Crippen LogP contribution < -0.4 is 10.2 Å². The van der Waals surface area contributed by atoms with Crippen molar-refractivity contribution in [3.05, 3.63) is 62.7 Å². The van der Waals surface area contributed by atoms with Gasteiger partial charge in [-0.25, -0.2) is 5.43 Å². The molecule has 0 saturated heterocycles. The minimum Gasteiger partial charge on any atom is -0.476 e. The van der Waals surface area contributed by atoms with E-state index in [4.69, 9.17) is 14.4 Å². The van der Waals surface area contributed by atoms with Gasteiger partial charge in [0.25, 0.3) is 0 Å². The Hall–Kier alpha value is -2.63. The summed E-state index contributed by atoms with van der Waals surface area (Å²) in [6, 6.07) is 14.5. The fraction of sp³-hybridized carbons (Fsp3) is 0.0556. The Morgan fingerprint density at radius 2 is 2.00 bits per heavy atom. The molecule has 6 nitrogen and oxygen atoms in total. The lowest BCUT2D eigenvalue weighted by Crippen LogP contribution is -2.16. The molecule has 1 amide bonds. The van der Waals surface area contributed by atoms with Crippen molar-refractivity contribution < 1.29 is 13.9 Å². The molecular weight excluding hydrogens is 466 g/mol. The van der Waals surface area contributed by atoms with Crippen LogP contribution in [0.25, 0.3) is 11.0 Å². The molecular formula is C18H11Br2N3O3. The molecule has 0 radical (unpaired) electrons. The lowest BCUT2D eigenvalue weighted by atomic mass is 10.2. The largest absolute Gasteiger partial charge is 0.476 e. The van der Waals surface area contributed by atoms with Crippen molar-refractivity contribution in [3.63, 3.8) is 0 Å². The molecule has 1 heterocycles. The van der Waals surface area contributed by atoms with Crippen molar-refractivity contribution in [2.45, 2.75) is 0 Å². The van der Waals surface area contributed by atoms with Gasteiger partial charge in [-0.3, -0.25) is 4.79 Å². The third kappa shape index (κ3) is 4.12. The molecule has 0 fully saturated rings. The molecule has 0 saturated carbocycles. The van der Waals surface area contributed by atoms with Gasteiger partial charge in [-0.2, -0.15) is 10.4 Å². The molecule has 2 aromatic carbocycles. The number of amides is 1. The minimum atomic E-state index is -0.440. The van der Waals surface area contributed by atoms with E-state index < -0.39 is 5.91 Å². The summed E-state index contributed by atoms with van der Waals surface area (Å²) in [7, 11) is 0. The highest BCUT2D eigenvalue weighted by molar-refractivity contribution is 9.11. The van der Waals surface area contributed by atoms with Crippen molar-refractivity contribution >= 4 is 55.0 Å². The maximum absolute atomic E-state index is 12.1. The summed E-state index contributed by atoms with van der Waals surface area (Å²) in [5.74, 6) is 0.269. The van der Waals surface area contributed by atoms with Crippen LogP contribution in [0.15, 0.2) is 60.9 Å². The number of ether oxygens (including phenoxy) is 1. The van der Waals surface area contributed by atoms with E-state index in [0.29, 0.717) is 20.3 Å². The van der Waals surface area contributed by atoms with E-state index >= 15 is 0 Å². The molecule has 1 N–H and O–H groups in total. The number of fused-ring (bicyclic) bond motifs is 1. The van der Waals surface area contributed by atoms with Gasteiger partial charge in [-0.15, -0.1) is 0 Å². The zero-order valence-electron chi connectivity index (χ0n) is 13.2. The van der Waals surface area contributed by atoms with Crippen molar-refractivity contribution in [1.29, 1.82) is 5.26 Å². The van der Waals surface area contributed by atoms with Crippen LogP contribution in [-0.2, 0) is 0 Å². The van der Waals surface area contributed by atoms with Gasteiger partial charge in [-0.05, 0) is 61.7 Å². The first-order chi connectivity index (χ1) is 12.6. The van der Waals surface area contributed by atoms with Crippen molar-refractivity contribution in [3.8, 4) is 11.8 Å². The van der Waals surface area contributed by atoms with Crippen LogP contribution in [0, 0.1) is 11.3 Å². The molecule has 1 aromatic heterocycles. The third-order valence-corrected chi connectivity index (χ3v) is 4.51. The lowest BCUT2D eigenvalue weighted by molar-refractivity contribution is 0.0929. The maximum atomic E-state index is 12.1. The number of nitrogens with one attached hydrogen (secondary N) is 1. The fourth-order valence-electron chi connectivity index (χ4n) is 2.21. The van der Waals surface area contributed by atoms with Gasteiger partial charge in [0.2, 0.25) is 0 Å². The Morgan fingerprint density at radius 1 is 1.27 bits per heavy atom. The zero-order chi connectivity index (χ0) is 18.5. The normalized spacial score (nSPS) is 10.8. The molecule has 26 heavy (non-hydrogen) atoms. The smallest absolute Gasteiger partial charge is 0.307 e. The summed E-state index contributed by atoms with van der Waals surface area (Å²) < 4.78 is 12.1. The van der Waals surface area contributed by atoms with Gasteiger partial charge < -0.3 is 9.15 Å².